The summed E-state index contributed by atoms with van der Waals surface area (Å²) < 4.78 is 7.36. The topological polar surface area (TPSA) is 148 Å². The normalized spacial score (nSPS) is 21.9. The largest absolute Gasteiger partial charge is 0.394 e. The fourth-order valence-corrected chi connectivity index (χ4v) is 3.16. The number of hydrogen-bond acceptors (Lipinski definition) is 9. The summed E-state index contributed by atoms with van der Waals surface area (Å²) in [4.78, 5) is 23.1. The van der Waals surface area contributed by atoms with Gasteiger partial charge < -0.3 is 20.3 Å². The van der Waals surface area contributed by atoms with Crippen molar-refractivity contribution < 1.29 is 19.9 Å². The Balaban J connectivity index is 1.53. The van der Waals surface area contributed by atoms with Gasteiger partial charge in [0.25, 0.3) is 5.69 Å². The van der Waals surface area contributed by atoms with Gasteiger partial charge in [-0.1, -0.05) is 12.1 Å². The molecule has 0 saturated carbocycles. The van der Waals surface area contributed by atoms with Crippen molar-refractivity contribution in [2.75, 3.05) is 11.9 Å². The number of aliphatic hydroxyl groups is 2. The van der Waals surface area contributed by atoms with Crippen molar-refractivity contribution in [1.29, 1.82) is 0 Å². The van der Waals surface area contributed by atoms with E-state index >= 15 is 0 Å². The molecule has 0 aliphatic carbocycles. The minimum Gasteiger partial charge on any atom is -0.394 e. The second kappa shape index (κ2) is 7.46. The fraction of sp³-hybridized carbons (Fsp3) is 0.353. The summed E-state index contributed by atoms with van der Waals surface area (Å²) in [5.74, 6) is 0.513. The lowest BCUT2D eigenvalue weighted by Gasteiger charge is -2.13. The third-order valence-corrected chi connectivity index (χ3v) is 4.66. The molecule has 28 heavy (non-hydrogen) atoms. The van der Waals surface area contributed by atoms with Gasteiger partial charge in [0.2, 0.25) is 0 Å². The Kier molecular flexibility index (Phi) is 4.86. The lowest BCUT2D eigenvalue weighted by molar-refractivity contribution is -0.384. The van der Waals surface area contributed by atoms with E-state index in [1.807, 2.05) is 0 Å². The summed E-state index contributed by atoms with van der Waals surface area (Å²) in [6.07, 6.45) is 1.42. The summed E-state index contributed by atoms with van der Waals surface area (Å²) >= 11 is 0. The van der Waals surface area contributed by atoms with E-state index in [2.05, 4.69) is 20.3 Å². The number of aliphatic hydroxyl groups excluding tert-OH is 2. The van der Waals surface area contributed by atoms with Crippen molar-refractivity contribution in [1.82, 2.24) is 19.5 Å². The number of nitro groups is 1. The maximum atomic E-state index is 10.7. The number of imidazole rings is 1. The second-order valence-corrected chi connectivity index (χ2v) is 6.44. The van der Waals surface area contributed by atoms with Crippen LogP contribution in [-0.4, -0.2) is 53.5 Å². The van der Waals surface area contributed by atoms with Gasteiger partial charge in [-0.25, -0.2) is 15.0 Å². The van der Waals surface area contributed by atoms with Crippen LogP contribution in [0.2, 0.25) is 0 Å². The number of anilines is 1. The number of nitrogens with one attached hydrogen (secondary N) is 1. The number of hydrogen-bond donors (Lipinski definition) is 3. The molecule has 11 nitrogen and oxygen atoms in total. The van der Waals surface area contributed by atoms with Crippen LogP contribution in [0.3, 0.4) is 0 Å². The highest BCUT2D eigenvalue weighted by atomic mass is 16.6. The van der Waals surface area contributed by atoms with E-state index < -0.39 is 23.4 Å². The van der Waals surface area contributed by atoms with E-state index in [9.17, 15) is 20.3 Å². The van der Waals surface area contributed by atoms with Crippen LogP contribution in [0.5, 0.6) is 0 Å². The van der Waals surface area contributed by atoms with Crippen LogP contribution in [0.1, 0.15) is 18.2 Å². The highest BCUT2D eigenvalue weighted by Gasteiger charge is 2.35. The molecule has 0 spiro atoms. The first-order valence-electron chi connectivity index (χ1n) is 8.66. The highest BCUT2D eigenvalue weighted by molar-refractivity contribution is 5.82. The van der Waals surface area contributed by atoms with Gasteiger partial charge in [0, 0.05) is 25.1 Å². The average molecular weight is 386 g/mol. The predicted octanol–water partition coefficient (Wildman–Crippen LogP) is 0.987. The Morgan fingerprint density at radius 1 is 1.29 bits per heavy atom. The molecule has 1 saturated heterocycles. The van der Waals surface area contributed by atoms with Crippen LogP contribution in [0.4, 0.5) is 11.5 Å². The van der Waals surface area contributed by atoms with Gasteiger partial charge in [0.1, 0.15) is 18.7 Å². The van der Waals surface area contributed by atoms with Crippen molar-refractivity contribution in [2.45, 2.75) is 31.4 Å². The quantitative estimate of drug-likeness (QED) is 0.416. The van der Waals surface area contributed by atoms with E-state index in [0.717, 1.165) is 5.56 Å². The monoisotopic (exact) mass is 386 g/mol. The van der Waals surface area contributed by atoms with Crippen molar-refractivity contribution in [3.8, 4) is 0 Å². The molecule has 11 heteroatoms. The van der Waals surface area contributed by atoms with Crippen LogP contribution >= 0.6 is 0 Å². The SMILES string of the molecule is O=[N+]([O-])c1ccc(CNc2ncnc3c2ncn3[C@H]2C[C@H](O)[C@@H](CO)O2)cc1. The third-order valence-electron chi connectivity index (χ3n) is 4.66. The van der Waals surface area contributed by atoms with Gasteiger partial charge in [0.15, 0.2) is 17.0 Å². The molecule has 0 amide bonds. The minimum atomic E-state index is -0.756. The first-order chi connectivity index (χ1) is 13.6. The molecular formula is C17H18N6O5. The van der Waals surface area contributed by atoms with Crippen molar-refractivity contribution >= 4 is 22.7 Å². The fourth-order valence-electron chi connectivity index (χ4n) is 3.16. The number of ether oxygens (including phenoxy) is 1. The summed E-state index contributed by atoms with van der Waals surface area (Å²) in [5, 5.41) is 33.1. The van der Waals surface area contributed by atoms with Gasteiger partial charge in [0.05, 0.1) is 24.0 Å². The van der Waals surface area contributed by atoms with Crippen molar-refractivity contribution in [2.24, 2.45) is 0 Å². The zero-order valence-corrected chi connectivity index (χ0v) is 14.7. The predicted molar refractivity (Wildman–Crippen MR) is 97.4 cm³/mol. The minimum absolute atomic E-state index is 0.0341. The van der Waals surface area contributed by atoms with Crippen LogP contribution in [0, 0.1) is 10.1 Å². The Morgan fingerprint density at radius 2 is 2.07 bits per heavy atom. The molecule has 1 aliphatic rings. The molecule has 1 aromatic carbocycles. The van der Waals surface area contributed by atoms with Crippen molar-refractivity contribution in [3.63, 3.8) is 0 Å². The van der Waals surface area contributed by atoms with Gasteiger partial charge in [-0.15, -0.1) is 0 Å². The smallest absolute Gasteiger partial charge is 0.269 e. The number of aromatic nitrogens is 4. The zero-order valence-electron chi connectivity index (χ0n) is 14.7. The number of rotatable bonds is 6. The molecule has 2 aromatic heterocycles. The maximum Gasteiger partial charge on any atom is 0.269 e. The molecule has 1 fully saturated rings. The van der Waals surface area contributed by atoms with Crippen LogP contribution in [0.15, 0.2) is 36.9 Å². The van der Waals surface area contributed by atoms with Gasteiger partial charge in [-0.3, -0.25) is 14.7 Å². The van der Waals surface area contributed by atoms with Crippen molar-refractivity contribution in [3.05, 3.63) is 52.6 Å². The molecule has 1 aliphatic heterocycles. The molecule has 3 N–H and O–H groups in total. The van der Waals surface area contributed by atoms with E-state index in [0.29, 0.717) is 29.9 Å². The van der Waals surface area contributed by atoms with E-state index in [-0.39, 0.29) is 12.3 Å². The van der Waals surface area contributed by atoms with Gasteiger partial charge >= 0.3 is 0 Å². The standard InChI is InChI=1S/C17H18N6O5/c24-7-13-12(25)5-14(28-13)22-9-21-15-16(19-8-20-17(15)22)18-6-10-1-3-11(4-2-10)23(26)27/h1-4,8-9,12-14,24-25H,5-7H2,(H,18,19,20)/t12-,13+,14+/m0/s1. The lowest BCUT2D eigenvalue weighted by atomic mass is 10.2. The number of benzene rings is 1. The number of non-ortho nitro benzene ring substituents is 1. The van der Waals surface area contributed by atoms with Gasteiger partial charge in [-0.2, -0.15) is 0 Å². The zero-order chi connectivity index (χ0) is 19.7. The highest BCUT2D eigenvalue weighted by Crippen LogP contribution is 2.31. The molecule has 3 atom stereocenters. The molecule has 0 radical (unpaired) electrons. The number of fused-ring (bicyclic) bond motifs is 1. The molecule has 0 bridgehead atoms. The molecule has 4 rings (SSSR count). The average Bonchev–Trinajstić information content (AvgIpc) is 3.30. The number of nitro benzene ring substituents is 1. The third kappa shape index (κ3) is 3.38. The Bertz CT molecular complexity index is 991. The second-order valence-electron chi connectivity index (χ2n) is 6.44. The van der Waals surface area contributed by atoms with Crippen LogP contribution in [-0.2, 0) is 11.3 Å². The molecule has 3 heterocycles. The summed E-state index contributed by atoms with van der Waals surface area (Å²) in [7, 11) is 0. The molecule has 0 unspecified atom stereocenters. The Hall–Kier alpha value is -3.15. The summed E-state index contributed by atoms with van der Waals surface area (Å²) in [5.41, 5.74) is 1.96. The maximum absolute atomic E-state index is 10.7. The Labute approximate surface area is 158 Å². The van der Waals surface area contributed by atoms with Crippen LogP contribution < -0.4 is 5.32 Å². The molecular weight excluding hydrogens is 368 g/mol. The molecule has 146 valence electrons. The lowest BCUT2D eigenvalue weighted by Crippen LogP contribution is -2.24. The van der Waals surface area contributed by atoms with E-state index in [1.165, 1.54) is 18.5 Å². The van der Waals surface area contributed by atoms with Gasteiger partial charge in [-0.05, 0) is 5.56 Å². The molecule has 3 aromatic rings. The summed E-state index contributed by atoms with van der Waals surface area (Å²) in [6, 6.07) is 6.24. The number of nitrogens with zero attached hydrogens (tertiary/aromatic N) is 5. The first kappa shape index (κ1) is 18.2. The first-order valence-corrected chi connectivity index (χ1v) is 8.66. The van der Waals surface area contributed by atoms with E-state index in [4.69, 9.17) is 4.74 Å². The summed E-state index contributed by atoms with van der Waals surface area (Å²) in [6.45, 7) is 0.142. The van der Waals surface area contributed by atoms with E-state index in [1.54, 1.807) is 23.0 Å². The Morgan fingerprint density at radius 3 is 2.75 bits per heavy atom. The van der Waals surface area contributed by atoms with Crippen LogP contribution in [0.25, 0.3) is 11.2 Å².